The molecular formula is C14H17ClN4O5S. The number of aliphatic hydroxyl groups is 1. The van der Waals surface area contributed by atoms with Gasteiger partial charge in [-0.1, -0.05) is 11.6 Å². The standard InChI is InChI=1S/C14H17ClN4O5S/c1-2-24-14(21)11-12(16)19(7-8-20)17-13(11)18-25(22,23)10-5-3-9(15)4-6-10/h3-6,20H,2,7-8,16H2,1H3,(H,17,18). The number of nitrogens with zero attached hydrogens (tertiary/aromatic N) is 2. The van der Waals surface area contributed by atoms with Crippen LogP contribution in [0.5, 0.6) is 0 Å². The summed E-state index contributed by atoms with van der Waals surface area (Å²) in [6.45, 7) is 1.37. The monoisotopic (exact) mass is 388 g/mol. The molecule has 0 bridgehead atoms. The highest BCUT2D eigenvalue weighted by Gasteiger charge is 2.27. The van der Waals surface area contributed by atoms with Gasteiger partial charge in [0, 0.05) is 5.02 Å². The molecule has 0 aliphatic carbocycles. The smallest absolute Gasteiger partial charge is 0.345 e. The third kappa shape index (κ3) is 4.21. The zero-order valence-electron chi connectivity index (χ0n) is 13.3. The Kier molecular flexibility index (Phi) is 5.88. The summed E-state index contributed by atoms with van der Waals surface area (Å²) in [5, 5.41) is 13.4. The number of benzene rings is 1. The Balaban J connectivity index is 2.45. The number of carbonyl (C=O) groups excluding carboxylic acids is 1. The van der Waals surface area contributed by atoms with E-state index >= 15 is 0 Å². The number of anilines is 2. The van der Waals surface area contributed by atoms with Crippen molar-refractivity contribution < 1.29 is 23.1 Å². The van der Waals surface area contributed by atoms with Crippen LogP contribution in [0.1, 0.15) is 17.3 Å². The van der Waals surface area contributed by atoms with Crippen molar-refractivity contribution in [3.63, 3.8) is 0 Å². The van der Waals surface area contributed by atoms with Gasteiger partial charge in [0.15, 0.2) is 5.82 Å². The lowest BCUT2D eigenvalue weighted by molar-refractivity contribution is 0.0528. The lowest BCUT2D eigenvalue weighted by Gasteiger charge is -2.07. The molecule has 1 aromatic heterocycles. The van der Waals surface area contributed by atoms with E-state index in [2.05, 4.69) is 9.82 Å². The number of halogens is 1. The molecule has 0 fully saturated rings. The van der Waals surface area contributed by atoms with E-state index in [4.69, 9.17) is 27.2 Å². The molecule has 0 aliphatic heterocycles. The van der Waals surface area contributed by atoms with Crippen LogP contribution >= 0.6 is 11.6 Å². The average molecular weight is 389 g/mol. The number of aromatic nitrogens is 2. The summed E-state index contributed by atoms with van der Waals surface area (Å²) in [7, 11) is -4.03. The van der Waals surface area contributed by atoms with Crippen molar-refractivity contribution in [3.8, 4) is 0 Å². The summed E-state index contributed by atoms with van der Waals surface area (Å²) in [4.78, 5) is 12.0. The summed E-state index contributed by atoms with van der Waals surface area (Å²) in [6.07, 6.45) is 0. The molecule has 136 valence electrons. The largest absolute Gasteiger partial charge is 0.462 e. The van der Waals surface area contributed by atoms with Gasteiger partial charge in [-0.2, -0.15) is 5.10 Å². The summed E-state index contributed by atoms with van der Waals surface area (Å²) in [5.74, 6) is -1.21. The number of nitrogens with one attached hydrogen (secondary N) is 1. The van der Waals surface area contributed by atoms with Crippen LogP contribution in [0, 0.1) is 0 Å². The molecule has 0 unspecified atom stereocenters. The van der Waals surface area contributed by atoms with E-state index in [1.165, 1.54) is 24.3 Å². The van der Waals surface area contributed by atoms with Crippen molar-refractivity contribution in [2.45, 2.75) is 18.4 Å². The Labute approximate surface area is 149 Å². The summed E-state index contributed by atoms with van der Waals surface area (Å²) in [5.41, 5.74) is 5.62. The average Bonchev–Trinajstić information content (AvgIpc) is 2.83. The number of sulfonamides is 1. The van der Waals surface area contributed by atoms with Crippen LogP contribution in [0.4, 0.5) is 11.6 Å². The molecule has 0 amide bonds. The lowest BCUT2D eigenvalue weighted by atomic mass is 10.3. The number of hydrogen-bond donors (Lipinski definition) is 3. The van der Waals surface area contributed by atoms with Crippen LogP contribution < -0.4 is 10.5 Å². The number of carbonyl (C=O) groups is 1. The van der Waals surface area contributed by atoms with E-state index in [0.29, 0.717) is 5.02 Å². The van der Waals surface area contributed by atoms with Gasteiger partial charge in [0.1, 0.15) is 11.4 Å². The van der Waals surface area contributed by atoms with Gasteiger partial charge in [0.05, 0.1) is 24.7 Å². The van der Waals surface area contributed by atoms with Crippen molar-refractivity contribution in [2.75, 3.05) is 23.7 Å². The van der Waals surface area contributed by atoms with Gasteiger partial charge in [-0.25, -0.2) is 17.9 Å². The molecule has 0 saturated carbocycles. The molecule has 0 atom stereocenters. The normalized spacial score (nSPS) is 11.3. The van der Waals surface area contributed by atoms with Gasteiger partial charge in [-0.15, -0.1) is 0 Å². The van der Waals surface area contributed by atoms with Gasteiger partial charge in [0.2, 0.25) is 0 Å². The van der Waals surface area contributed by atoms with Gasteiger partial charge in [-0.3, -0.25) is 4.72 Å². The molecule has 2 rings (SSSR count). The first-order chi connectivity index (χ1) is 11.8. The van der Waals surface area contributed by atoms with E-state index in [0.717, 1.165) is 4.68 Å². The highest BCUT2D eigenvalue weighted by molar-refractivity contribution is 7.92. The maximum Gasteiger partial charge on any atom is 0.345 e. The molecular weight excluding hydrogens is 372 g/mol. The fourth-order valence-corrected chi connectivity index (χ4v) is 3.15. The van der Waals surface area contributed by atoms with Crippen LogP contribution in [0.15, 0.2) is 29.2 Å². The van der Waals surface area contributed by atoms with Crippen LogP contribution in [0.2, 0.25) is 5.02 Å². The number of nitrogens with two attached hydrogens (primary N) is 1. The molecule has 0 saturated heterocycles. The number of rotatable bonds is 7. The Morgan fingerprint density at radius 1 is 1.40 bits per heavy atom. The van der Waals surface area contributed by atoms with Crippen LogP contribution in [0.3, 0.4) is 0 Å². The maximum atomic E-state index is 12.5. The van der Waals surface area contributed by atoms with Crippen molar-refractivity contribution in [1.82, 2.24) is 9.78 Å². The van der Waals surface area contributed by atoms with E-state index in [1.54, 1.807) is 6.92 Å². The summed E-state index contributed by atoms with van der Waals surface area (Å²) >= 11 is 5.75. The minimum atomic E-state index is -4.03. The fourth-order valence-electron chi connectivity index (χ4n) is 2.02. The molecule has 0 radical (unpaired) electrons. The highest BCUT2D eigenvalue weighted by atomic mass is 35.5. The number of aliphatic hydroxyl groups excluding tert-OH is 1. The van der Waals surface area contributed by atoms with E-state index in [9.17, 15) is 13.2 Å². The maximum absolute atomic E-state index is 12.5. The van der Waals surface area contributed by atoms with Crippen LogP contribution in [-0.4, -0.2) is 42.5 Å². The van der Waals surface area contributed by atoms with E-state index in [-0.39, 0.29) is 41.9 Å². The molecule has 1 heterocycles. The first-order valence-electron chi connectivity index (χ1n) is 7.22. The molecule has 0 spiro atoms. The summed E-state index contributed by atoms with van der Waals surface area (Å²) < 4.78 is 33.2. The van der Waals surface area contributed by atoms with Crippen LogP contribution in [0.25, 0.3) is 0 Å². The Bertz CT molecular complexity index is 864. The number of hydrogen-bond acceptors (Lipinski definition) is 7. The first-order valence-corrected chi connectivity index (χ1v) is 9.09. The molecule has 4 N–H and O–H groups in total. The second-order valence-corrected chi connectivity index (χ2v) is 6.95. The van der Waals surface area contributed by atoms with Gasteiger partial charge in [-0.05, 0) is 31.2 Å². The van der Waals surface area contributed by atoms with Crippen molar-refractivity contribution in [3.05, 3.63) is 34.9 Å². The second-order valence-electron chi connectivity index (χ2n) is 4.84. The third-order valence-corrected chi connectivity index (χ3v) is 4.74. The zero-order valence-corrected chi connectivity index (χ0v) is 14.8. The minimum Gasteiger partial charge on any atom is -0.462 e. The quantitative estimate of drug-likeness (QED) is 0.603. The van der Waals surface area contributed by atoms with Gasteiger partial charge >= 0.3 is 5.97 Å². The highest BCUT2D eigenvalue weighted by Crippen LogP contribution is 2.26. The topological polar surface area (TPSA) is 137 Å². The second kappa shape index (κ2) is 7.72. The summed E-state index contributed by atoms with van der Waals surface area (Å²) in [6, 6.07) is 5.45. The molecule has 1 aromatic carbocycles. The lowest BCUT2D eigenvalue weighted by Crippen LogP contribution is -2.16. The first kappa shape index (κ1) is 19.0. The SMILES string of the molecule is CCOC(=O)c1c(NS(=O)(=O)c2ccc(Cl)cc2)nn(CCO)c1N. The molecule has 9 nitrogen and oxygen atoms in total. The Hall–Kier alpha value is -2.30. The van der Waals surface area contributed by atoms with Crippen LogP contribution in [-0.2, 0) is 21.3 Å². The van der Waals surface area contributed by atoms with Gasteiger partial charge < -0.3 is 15.6 Å². The predicted octanol–water partition coefficient (Wildman–Crippen LogP) is 1.09. The number of ether oxygens (including phenoxy) is 1. The van der Waals surface area contributed by atoms with Crippen molar-refractivity contribution >= 4 is 39.2 Å². The molecule has 2 aromatic rings. The minimum absolute atomic E-state index is 0.0130. The number of esters is 1. The molecule has 25 heavy (non-hydrogen) atoms. The molecule has 0 aliphatic rings. The zero-order chi connectivity index (χ0) is 18.6. The van der Waals surface area contributed by atoms with Crippen molar-refractivity contribution in [2.24, 2.45) is 0 Å². The fraction of sp³-hybridized carbons (Fsp3) is 0.286. The van der Waals surface area contributed by atoms with E-state index in [1.807, 2.05) is 0 Å². The Morgan fingerprint density at radius 2 is 2.04 bits per heavy atom. The Morgan fingerprint density at radius 3 is 2.60 bits per heavy atom. The van der Waals surface area contributed by atoms with E-state index < -0.39 is 16.0 Å². The predicted molar refractivity (Wildman–Crippen MR) is 91.9 cm³/mol. The van der Waals surface area contributed by atoms with Gasteiger partial charge in [0.25, 0.3) is 10.0 Å². The number of nitrogen functional groups attached to an aromatic ring is 1. The third-order valence-electron chi connectivity index (χ3n) is 3.14. The molecule has 11 heteroatoms. The van der Waals surface area contributed by atoms with Crippen molar-refractivity contribution in [1.29, 1.82) is 0 Å².